The van der Waals surface area contributed by atoms with Crippen molar-refractivity contribution >= 4 is 5.91 Å². The first kappa shape index (κ1) is 13.9. The monoisotopic (exact) mass is 262 g/mol. The van der Waals surface area contributed by atoms with Crippen molar-refractivity contribution in [2.75, 3.05) is 0 Å². The van der Waals surface area contributed by atoms with Crippen LogP contribution in [-0.2, 0) is 11.2 Å². The quantitative estimate of drug-likeness (QED) is 0.773. The SMILES string of the molecule is CC1(NC(=O)[C@@H](N)Cc2ccc(O)cc2)CCCC1. The molecule has 4 heteroatoms. The number of nitrogens with one attached hydrogen (secondary N) is 1. The molecule has 1 aromatic carbocycles. The summed E-state index contributed by atoms with van der Waals surface area (Å²) < 4.78 is 0. The summed E-state index contributed by atoms with van der Waals surface area (Å²) in [6.07, 6.45) is 4.89. The molecule has 0 spiro atoms. The third kappa shape index (κ3) is 3.70. The van der Waals surface area contributed by atoms with Crippen molar-refractivity contribution in [3.05, 3.63) is 29.8 Å². The molecule has 0 heterocycles. The Bertz CT molecular complexity index is 436. The fourth-order valence-corrected chi connectivity index (χ4v) is 2.65. The Morgan fingerprint density at radius 2 is 1.95 bits per heavy atom. The number of nitrogens with two attached hydrogens (primary N) is 1. The van der Waals surface area contributed by atoms with E-state index in [4.69, 9.17) is 5.73 Å². The number of phenols is 1. The molecule has 0 aromatic heterocycles. The van der Waals surface area contributed by atoms with Gasteiger partial charge in [0.15, 0.2) is 0 Å². The second kappa shape index (κ2) is 5.61. The summed E-state index contributed by atoms with van der Waals surface area (Å²) in [5.74, 6) is 0.137. The summed E-state index contributed by atoms with van der Waals surface area (Å²) >= 11 is 0. The number of aromatic hydroxyl groups is 1. The molecule has 0 aliphatic heterocycles. The minimum atomic E-state index is -0.540. The molecule has 1 aromatic rings. The predicted octanol–water partition coefficient (Wildman–Crippen LogP) is 1.71. The molecular weight excluding hydrogens is 240 g/mol. The maximum atomic E-state index is 12.1. The highest BCUT2D eigenvalue weighted by atomic mass is 16.3. The number of rotatable bonds is 4. The molecule has 19 heavy (non-hydrogen) atoms. The molecule has 0 bridgehead atoms. The van der Waals surface area contributed by atoms with Crippen LogP contribution in [0.15, 0.2) is 24.3 Å². The largest absolute Gasteiger partial charge is 0.508 e. The van der Waals surface area contributed by atoms with Crippen LogP contribution in [0.5, 0.6) is 5.75 Å². The lowest BCUT2D eigenvalue weighted by atomic mass is 9.99. The number of amides is 1. The van der Waals surface area contributed by atoms with Crippen LogP contribution in [0.4, 0.5) is 0 Å². The molecule has 0 unspecified atom stereocenters. The van der Waals surface area contributed by atoms with Crippen LogP contribution in [0.25, 0.3) is 0 Å². The highest BCUT2D eigenvalue weighted by Gasteiger charge is 2.31. The van der Waals surface area contributed by atoms with Crippen molar-refractivity contribution in [2.45, 2.75) is 50.6 Å². The van der Waals surface area contributed by atoms with E-state index in [1.165, 1.54) is 12.8 Å². The van der Waals surface area contributed by atoms with E-state index in [-0.39, 0.29) is 17.2 Å². The van der Waals surface area contributed by atoms with Crippen molar-refractivity contribution in [3.63, 3.8) is 0 Å². The molecule has 1 amide bonds. The van der Waals surface area contributed by atoms with Crippen molar-refractivity contribution in [3.8, 4) is 5.75 Å². The number of benzene rings is 1. The van der Waals surface area contributed by atoms with Gasteiger partial charge in [0.25, 0.3) is 0 Å². The van der Waals surface area contributed by atoms with Gasteiger partial charge in [-0.15, -0.1) is 0 Å². The average molecular weight is 262 g/mol. The second-order valence-electron chi connectivity index (χ2n) is 5.73. The molecule has 1 fully saturated rings. The van der Waals surface area contributed by atoms with Gasteiger partial charge in [0.2, 0.25) is 5.91 Å². The number of carbonyl (C=O) groups excluding carboxylic acids is 1. The zero-order valence-corrected chi connectivity index (χ0v) is 11.4. The molecule has 0 radical (unpaired) electrons. The van der Waals surface area contributed by atoms with Gasteiger partial charge in [-0.2, -0.15) is 0 Å². The Labute approximate surface area is 114 Å². The fourth-order valence-electron chi connectivity index (χ4n) is 2.65. The van der Waals surface area contributed by atoms with E-state index in [1.807, 2.05) is 0 Å². The van der Waals surface area contributed by atoms with Gasteiger partial charge >= 0.3 is 0 Å². The van der Waals surface area contributed by atoms with Crippen molar-refractivity contribution in [2.24, 2.45) is 5.73 Å². The van der Waals surface area contributed by atoms with Gasteiger partial charge in [0.05, 0.1) is 6.04 Å². The summed E-state index contributed by atoms with van der Waals surface area (Å²) in [6, 6.07) is 6.26. The molecule has 1 atom stereocenters. The van der Waals surface area contributed by atoms with E-state index >= 15 is 0 Å². The van der Waals surface area contributed by atoms with Gasteiger partial charge in [0, 0.05) is 5.54 Å². The van der Waals surface area contributed by atoms with Gasteiger partial charge in [-0.05, 0) is 43.9 Å². The van der Waals surface area contributed by atoms with Gasteiger partial charge in [-0.25, -0.2) is 0 Å². The van der Waals surface area contributed by atoms with Crippen LogP contribution < -0.4 is 11.1 Å². The van der Waals surface area contributed by atoms with Crippen LogP contribution in [0, 0.1) is 0 Å². The molecule has 4 N–H and O–H groups in total. The van der Waals surface area contributed by atoms with Crippen molar-refractivity contribution < 1.29 is 9.90 Å². The summed E-state index contributed by atoms with van der Waals surface area (Å²) in [5, 5.41) is 12.3. The van der Waals surface area contributed by atoms with Crippen LogP contribution in [-0.4, -0.2) is 22.6 Å². The average Bonchev–Trinajstić information content (AvgIpc) is 2.78. The standard InChI is InChI=1S/C15H22N2O2/c1-15(8-2-3-9-15)17-14(19)13(16)10-11-4-6-12(18)7-5-11/h4-7,13,18H,2-3,8-10,16H2,1H3,(H,17,19)/t13-/m0/s1. The molecule has 1 aliphatic rings. The molecule has 1 saturated carbocycles. The number of phenolic OH excluding ortho intramolecular Hbond substituents is 1. The van der Waals surface area contributed by atoms with E-state index in [0.717, 1.165) is 18.4 Å². The van der Waals surface area contributed by atoms with Crippen LogP contribution in [0.1, 0.15) is 38.2 Å². The lowest BCUT2D eigenvalue weighted by Crippen LogP contribution is -2.51. The first-order valence-corrected chi connectivity index (χ1v) is 6.84. The highest BCUT2D eigenvalue weighted by Crippen LogP contribution is 2.28. The fraction of sp³-hybridized carbons (Fsp3) is 0.533. The van der Waals surface area contributed by atoms with E-state index in [0.29, 0.717) is 6.42 Å². The molecule has 4 nitrogen and oxygen atoms in total. The zero-order valence-electron chi connectivity index (χ0n) is 11.4. The maximum Gasteiger partial charge on any atom is 0.237 e. The van der Waals surface area contributed by atoms with Crippen LogP contribution >= 0.6 is 0 Å². The normalized spacial score (nSPS) is 19.1. The second-order valence-corrected chi connectivity index (χ2v) is 5.73. The lowest BCUT2D eigenvalue weighted by molar-refractivity contribution is -0.124. The minimum Gasteiger partial charge on any atom is -0.508 e. The Hall–Kier alpha value is -1.55. The molecule has 1 aliphatic carbocycles. The summed E-state index contributed by atoms with van der Waals surface area (Å²) in [6.45, 7) is 2.09. The van der Waals surface area contributed by atoms with E-state index in [9.17, 15) is 9.90 Å². The van der Waals surface area contributed by atoms with E-state index in [2.05, 4.69) is 12.2 Å². The van der Waals surface area contributed by atoms with Gasteiger partial charge in [0.1, 0.15) is 5.75 Å². The number of hydrogen-bond acceptors (Lipinski definition) is 3. The summed E-state index contributed by atoms with van der Waals surface area (Å²) in [7, 11) is 0. The predicted molar refractivity (Wildman–Crippen MR) is 74.8 cm³/mol. The Morgan fingerprint density at radius 3 is 2.53 bits per heavy atom. The van der Waals surface area contributed by atoms with Gasteiger partial charge in [-0.3, -0.25) is 4.79 Å². The summed E-state index contributed by atoms with van der Waals surface area (Å²) in [5.41, 5.74) is 6.83. The lowest BCUT2D eigenvalue weighted by Gasteiger charge is -2.27. The maximum absolute atomic E-state index is 12.1. The first-order chi connectivity index (χ1) is 8.98. The molecular formula is C15H22N2O2. The van der Waals surface area contributed by atoms with Crippen molar-refractivity contribution in [1.29, 1.82) is 0 Å². The first-order valence-electron chi connectivity index (χ1n) is 6.84. The Kier molecular flexibility index (Phi) is 4.10. The molecule has 0 saturated heterocycles. The third-order valence-corrected chi connectivity index (χ3v) is 3.86. The Balaban J connectivity index is 1.90. The topological polar surface area (TPSA) is 75.4 Å². The molecule has 104 valence electrons. The third-order valence-electron chi connectivity index (χ3n) is 3.86. The minimum absolute atomic E-state index is 0.0797. The number of hydrogen-bond donors (Lipinski definition) is 3. The van der Waals surface area contributed by atoms with Gasteiger partial charge < -0.3 is 16.2 Å². The van der Waals surface area contributed by atoms with Crippen LogP contribution in [0.3, 0.4) is 0 Å². The zero-order chi connectivity index (χ0) is 13.9. The Morgan fingerprint density at radius 1 is 1.37 bits per heavy atom. The smallest absolute Gasteiger partial charge is 0.237 e. The number of carbonyl (C=O) groups is 1. The van der Waals surface area contributed by atoms with Crippen LogP contribution in [0.2, 0.25) is 0 Å². The van der Waals surface area contributed by atoms with E-state index < -0.39 is 6.04 Å². The summed E-state index contributed by atoms with van der Waals surface area (Å²) in [4.78, 5) is 12.1. The highest BCUT2D eigenvalue weighted by molar-refractivity contribution is 5.82. The van der Waals surface area contributed by atoms with Gasteiger partial charge in [-0.1, -0.05) is 25.0 Å². The van der Waals surface area contributed by atoms with Crippen molar-refractivity contribution in [1.82, 2.24) is 5.32 Å². The van der Waals surface area contributed by atoms with E-state index in [1.54, 1.807) is 24.3 Å². The molecule has 2 rings (SSSR count).